The van der Waals surface area contributed by atoms with Crippen LogP contribution < -0.4 is 11.1 Å². The molecule has 1 fully saturated rings. The molecule has 3 N–H and O–H groups in total. The first kappa shape index (κ1) is 14.4. The maximum atomic E-state index is 12.5. The number of piperidine rings is 1. The number of carbonyl (C=O) groups excluding carboxylic acids is 2. The molecule has 0 aliphatic carbocycles. The molecule has 2 amide bonds. The van der Waals surface area contributed by atoms with Crippen LogP contribution in [0.2, 0.25) is 0 Å². The molecule has 5 heteroatoms. The fourth-order valence-electron chi connectivity index (χ4n) is 2.60. The number of hydrogen-bond donors (Lipinski definition) is 2. The van der Waals surface area contributed by atoms with Gasteiger partial charge in [-0.1, -0.05) is 6.07 Å². The van der Waals surface area contributed by atoms with Crippen LogP contribution in [0.5, 0.6) is 0 Å². The number of anilines is 1. The van der Waals surface area contributed by atoms with Crippen molar-refractivity contribution >= 4 is 17.5 Å². The molecule has 0 aromatic heterocycles. The normalized spacial score (nSPS) is 16.0. The first-order valence-corrected chi connectivity index (χ1v) is 6.90. The standard InChI is InChI=1S/C15H21N3O2/c1-10-12(4-3-5-13(10)16)15(20)18-8-6-11(7-9-18)14(19)17-2/h3-5,11H,6-9,16H2,1-2H3,(H,17,19). The van der Waals surface area contributed by atoms with Gasteiger partial charge in [-0.15, -0.1) is 0 Å². The molecule has 1 aromatic rings. The summed E-state index contributed by atoms with van der Waals surface area (Å²) in [5.74, 6) is 0.0911. The molecule has 108 valence electrons. The summed E-state index contributed by atoms with van der Waals surface area (Å²) in [6.07, 6.45) is 1.43. The molecular formula is C15H21N3O2. The Balaban J connectivity index is 2.05. The molecule has 1 aliphatic heterocycles. The second-order valence-electron chi connectivity index (χ2n) is 5.20. The van der Waals surface area contributed by atoms with Crippen molar-refractivity contribution in [1.82, 2.24) is 10.2 Å². The van der Waals surface area contributed by atoms with Gasteiger partial charge in [0.2, 0.25) is 5.91 Å². The third-order valence-corrected chi connectivity index (χ3v) is 4.01. The first-order valence-electron chi connectivity index (χ1n) is 6.90. The molecule has 0 saturated carbocycles. The predicted octanol–water partition coefficient (Wildman–Crippen LogP) is 1.18. The van der Waals surface area contributed by atoms with Gasteiger partial charge in [0.05, 0.1) is 0 Å². The lowest BCUT2D eigenvalue weighted by molar-refractivity contribution is -0.125. The Hall–Kier alpha value is -2.04. The molecule has 5 nitrogen and oxygen atoms in total. The van der Waals surface area contributed by atoms with Crippen LogP contribution in [0.15, 0.2) is 18.2 Å². The van der Waals surface area contributed by atoms with Crippen LogP contribution >= 0.6 is 0 Å². The minimum atomic E-state index is 0.00477. The fourth-order valence-corrected chi connectivity index (χ4v) is 2.60. The van der Waals surface area contributed by atoms with Crippen molar-refractivity contribution in [3.8, 4) is 0 Å². The van der Waals surface area contributed by atoms with Gasteiger partial charge < -0.3 is 16.0 Å². The lowest BCUT2D eigenvalue weighted by atomic mass is 9.95. The highest BCUT2D eigenvalue weighted by Gasteiger charge is 2.27. The van der Waals surface area contributed by atoms with Gasteiger partial charge >= 0.3 is 0 Å². The monoisotopic (exact) mass is 275 g/mol. The van der Waals surface area contributed by atoms with Crippen LogP contribution in [0.3, 0.4) is 0 Å². The van der Waals surface area contributed by atoms with E-state index in [4.69, 9.17) is 5.73 Å². The summed E-state index contributed by atoms with van der Waals surface area (Å²) in [5.41, 5.74) is 7.96. The van der Waals surface area contributed by atoms with E-state index in [1.807, 2.05) is 6.92 Å². The summed E-state index contributed by atoms with van der Waals surface area (Å²) in [7, 11) is 1.65. The van der Waals surface area contributed by atoms with Crippen molar-refractivity contribution in [2.24, 2.45) is 5.92 Å². The van der Waals surface area contributed by atoms with E-state index in [1.165, 1.54) is 0 Å². The van der Waals surface area contributed by atoms with Gasteiger partial charge in [-0.25, -0.2) is 0 Å². The summed E-state index contributed by atoms with van der Waals surface area (Å²) >= 11 is 0. The first-order chi connectivity index (χ1) is 9.54. The Kier molecular flexibility index (Phi) is 4.27. The quantitative estimate of drug-likeness (QED) is 0.796. The number of hydrogen-bond acceptors (Lipinski definition) is 3. The molecular weight excluding hydrogens is 254 g/mol. The highest BCUT2D eigenvalue weighted by Crippen LogP contribution is 2.22. The molecule has 2 rings (SSSR count). The minimum Gasteiger partial charge on any atom is -0.398 e. The largest absolute Gasteiger partial charge is 0.398 e. The molecule has 1 heterocycles. The van der Waals surface area contributed by atoms with Gasteiger partial charge in [-0.3, -0.25) is 9.59 Å². The number of benzene rings is 1. The second kappa shape index (κ2) is 5.94. The van der Waals surface area contributed by atoms with Gasteiger partial charge in [0.25, 0.3) is 5.91 Å². The Morgan fingerprint density at radius 3 is 2.55 bits per heavy atom. The number of amides is 2. The van der Waals surface area contributed by atoms with Crippen molar-refractivity contribution < 1.29 is 9.59 Å². The zero-order valence-electron chi connectivity index (χ0n) is 12.0. The fraction of sp³-hybridized carbons (Fsp3) is 0.467. The molecule has 1 aromatic carbocycles. The topological polar surface area (TPSA) is 75.4 Å². The SMILES string of the molecule is CNC(=O)C1CCN(C(=O)c2cccc(N)c2C)CC1. The van der Waals surface area contributed by atoms with Crippen LogP contribution in [-0.4, -0.2) is 36.9 Å². The van der Waals surface area contributed by atoms with Gasteiger partial charge in [0.1, 0.15) is 0 Å². The van der Waals surface area contributed by atoms with Crippen LogP contribution in [0.4, 0.5) is 5.69 Å². The summed E-state index contributed by atoms with van der Waals surface area (Å²) in [6.45, 7) is 3.09. The van der Waals surface area contributed by atoms with E-state index in [-0.39, 0.29) is 17.7 Å². The van der Waals surface area contributed by atoms with E-state index in [2.05, 4.69) is 5.32 Å². The third-order valence-electron chi connectivity index (χ3n) is 4.01. The molecule has 0 atom stereocenters. The molecule has 0 spiro atoms. The molecule has 1 saturated heterocycles. The number of carbonyl (C=O) groups is 2. The zero-order valence-corrected chi connectivity index (χ0v) is 12.0. The minimum absolute atomic E-state index is 0.00477. The van der Waals surface area contributed by atoms with E-state index in [9.17, 15) is 9.59 Å². The number of nitrogens with zero attached hydrogens (tertiary/aromatic N) is 1. The third kappa shape index (κ3) is 2.76. The summed E-state index contributed by atoms with van der Waals surface area (Å²) in [6, 6.07) is 5.40. The molecule has 0 bridgehead atoms. The molecule has 0 radical (unpaired) electrons. The second-order valence-corrected chi connectivity index (χ2v) is 5.20. The molecule has 20 heavy (non-hydrogen) atoms. The van der Waals surface area contributed by atoms with Gasteiger partial charge in [0.15, 0.2) is 0 Å². The lowest BCUT2D eigenvalue weighted by Gasteiger charge is -2.31. The van der Waals surface area contributed by atoms with Gasteiger partial charge in [0, 0.05) is 37.3 Å². The average Bonchev–Trinajstić information content (AvgIpc) is 2.48. The van der Waals surface area contributed by atoms with E-state index >= 15 is 0 Å². The van der Waals surface area contributed by atoms with Gasteiger partial charge in [-0.2, -0.15) is 0 Å². The van der Waals surface area contributed by atoms with E-state index in [0.717, 1.165) is 5.56 Å². The van der Waals surface area contributed by atoms with Crippen molar-refractivity contribution in [3.63, 3.8) is 0 Å². The van der Waals surface area contributed by atoms with Crippen molar-refractivity contribution in [2.75, 3.05) is 25.9 Å². The molecule has 1 aliphatic rings. The zero-order chi connectivity index (χ0) is 14.7. The average molecular weight is 275 g/mol. The van der Waals surface area contributed by atoms with Crippen LogP contribution in [-0.2, 0) is 4.79 Å². The number of nitrogens with one attached hydrogen (secondary N) is 1. The van der Waals surface area contributed by atoms with Crippen molar-refractivity contribution in [1.29, 1.82) is 0 Å². The van der Waals surface area contributed by atoms with E-state index in [1.54, 1.807) is 30.1 Å². The predicted molar refractivity (Wildman–Crippen MR) is 78.3 cm³/mol. The maximum Gasteiger partial charge on any atom is 0.254 e. The van der Waals surface area contributed by atoms with Crippen LogP contribution in [0.1, 0.15) is 28.8 Å². The number of nitrogens with two attached hydrogens (primary N) is 1. The Labute approximate surface area is 119 Å². The highest BCUT2D eigenvalue weighted by molar-refractivity contribution is 5.97. The smallest absolute Gasteiger partial charge is 0.254 e. The summed E-state index contributed by atoms with van der Waals surface area (Å²) < 4.78 is 0. The van der Waals surface area contributed by atoms with Crippen LogP contribution in [0.25, 0.3) is 0 Å². The maximum absolute atomic E-state index is 12.5. The Morgan fingerprint density at radius 2 is 1.95 bits per heavy atom. The Morgan fingerprint density at radius 1 is 1.30 bits per heavy atom. The lowest BCUT2D eigenvalue weighted by Crippen LogP contribution is -2.42. The molecule has 0 unspecified atom stereocenters. The highest BCUT2D eigenvalue weighted by atomic mass is 16.2. The summed E-state index contributed by atoms with van der Waals surface area (Å²) in [4.78, 5) is 25.9. The van der Waals surface area contributed by atoms with Crippen LogP contribution in [0, 0.1) is 12.8 Å². The van der Waals surface area contributed by atoms with Crippen molar-refractivity contribution in [2.45, 2.75) is 19.8 Å². The number of rotatable bonds is 2. The van der Waals surface area contributed by atoms with E-state index in [0.29, 0.717) is 37.2 Å². The van der Waals surface area contributed by atoms with Crippen molar-refractivity contribution in [3.05, 3.63) is 29.3 Å². The number of likely N-dealkylation sites (tertiary alicyclic amines) is 1. The van der Waals surface area contributed by atoms with E-state index < -0.39 is 0 Å². The Bertz CT molecular complexity index is 520. The number of nitrogen functional groups attached to an aromatic ring is 1. The summed E-state index contributed by atoms with van der Waals surface area (Å²) in [5, 5.41) is 2.67. The van der Waals surface area contributed by atoms with Gasteiger partial charge in [-0.05, 0) is 37.5 Å².